The Labute approximate surface area is 195 Å². The molecule has 0 bridgehead atoms. The summed E-state index contributed by atoms with van der Waals surface area (Å²) in [5.41, 5.74) is 0.232. The van der Waals surface area contributed by atoms with Gasteiger partial charge in [0.25, 0.3) is 11.8 Å². The lowest BCUT2D eigenvalue weighted by atomic mass is 10.1. The van der Waals surface area contributed by atoms with Gasteiger partial charge in [0, 0.05) is 43.3 Å². The number of amides is 2. The molecular weight excluding hydrogens is 471 g/mol. The van der Waals surface area contributed by atoms with Gasteiger partial charge >= 0.3 is 6.18 Å². The first-order valence-electron chi connectivity index (χ1n) is 10.8. The number of piperazine rings is 1. The summed E-state index contributed by atoms with van der Waals surface area (Å²) in [6.45, 7) is 2.60. The third-order valence-corrected chi connectivity index (χ3v) is 7.48. The monoisotopic (exact) mass is 495 g/mol. The summed E-state index contributed by atoms with van der Waals surface area (Å²) in [4.78, 5) is 28.9. The summed E-state index contributed by atoms with van der Waals surface area (Å²) in [5.74, 6) is -0.737. The first-order chi connectivity index (χ1) is 16.0. The molecule has 2 aliphatic rings. The topological polar surface area (TPSA) is 86.8 Å². The van der Waals surface area contributed by atoms with Crippen molar-refractivity contribution < 1.29 is 31.2 Å². The van der Waals surface area contributed by atoms with Crippen molar-refractivity contribution in [1.29, 1.82) is 0 Å². The highest BCUT2D eigenvalue weighted by molar-refractivity contribution is 7.89. The van der Waals surface area contributed by atoms with Crippen molar-refractivity contribution in [2.75, 3.05) is 26.2 Å². The van der Waals surface area contributed by atoms with Gasteiger partial charge in [0.15, 0.2) is 0 Å². The van der Waals surface area contributed by atoms with Gasteiger partial charge in [-0.15, -0.1) is 0 Å². The smallest absolute Gasteiger partial charge is 0.335 e. The largest absolute Gasteiger partial charge is 0.416 e. The first kappa shape index (κ1) is 24.2. The summed E-state index contributed by atoms with van der Waals surface area (Å²) >= 11 is 0. The highest BCUT2D eigenvalue weighted by Gasteiger charge is 2.32. The zero-order valence-corrected chi connectivity index (χ0v) is 19.2. The molecule has 2 aromatic rings. The molecule has 34 heavy (non-hydrogen) atoms. The van der Waals surface area contributed by atoms with E-state index in [0.717, 1.165) is 37.1 Å². The number of alkyl halides is 3. The molecule has 2 amide bonds. The van der Waals surface area contributed by atoms with E-state index in [4.69, 9.17) is 0 Å². The molecule has 0 spiro atoms. The fourth-order valence-electron chi connectivity index (χ4n) is 3.75. The van der Waals surface area contributed by atoms with Gasteiger partial charge in [0.05, 0.1) is 10.5 Å². The molecule has 0 aromatic heterocycles. The van der Waals surface area contributed by atoms with Crippen molar-refractivity contribution in [3.8, 4) is 0 Å². The van der Waals surface area contributed by atoms with E-state index in [9.17, 15) is 31.2 Å². The number of sulfonamides is 1. The van der Waals surface area contributed by atoms with Crippen LogP contribution in [0.15, 0.2) is 47.4 Å². The van der Waals surface area contributed by atoms with Crippen LogP contribution in [0.25, 0.3) is 0 Å². The second-order valence-electron chi connectivity index (χ2n) is 8.53. The molecule has 7 nitrogen and oxygen atoms in total. The number of hydrogen-bond acceptors (Lipinski definition) is 4. The van der Waals surface area contributed by atoms with Gasteiger partial charge < -0.3 is 9.80 Å². The molecule has 4 rings (SSSR count). The quantitative estimate of drug-likeness (QED) is 0.691. The van der Waals surface area contributed by atoms with Crippen molar-refractivity contribution in [3.05, 3.63) is 64.7 Å². The lowest BCUT2D eigenvalue weighted by Crippen LogP contribution is -2.50. The Bertz CT molecular complexity index is 1200. The molecule has 1 N–H and O–H groups in total. The van der Waals surface area contributed by atoms with Gasteiger partial charge in [-0.2, -0.15) is 13.2 Å². The second kappa shape index (κ2) is 9.03. The summed E-state index contributed by atoms with van der Waals surface area (Å²) in [7, 11) is -3.71. The molecule has 1 aliphatic heterocycles. The van der Waals surface area contributed by atoms with Crippen LogP contribution in [0.2, 0.25) is 0 Å². The Kier molecular flexibility index (Phi) is 6.43. The van der Waals surface area contributed by atoms with E-state index in [2.05, 4.69) is 4.72 Å². The zero-order chi connectivity index (χ0) is 24.7. The van der Waals surface area contributed by atoms with Crippen molar-refractivity contribution in [2.24, 2.45) is 0 Å². The van der Waals surface area contributed by atoms with E-state index >= 15 is 0 Å². The maximum atomic E-state index is 13.1. The minimum absolute atomic E-state index is 0.0319. The molecule has 182 valence electrons. The Morgan fingerprint density at radius 3 is 2.00 bits per heavy atom. The van der Waals surface area contributed by atoms with Crippen LogP contribution in [0.4, 0.5) is 13.2 Å². The number of nitrogens with one attached hydrogen (secondary N) is 1. The number of hydrogen-bond donors (Lipinski definition) is 1. The molecule has 1 saturated heterocycles. The minimum atomic E-state index is -4.48. The van der Waals surface area contributed by atoms with E-state index in [1.165, 1.54) is 17.0 Å². The van der Waals surface area contributed by atoms with Crippen LogP contribution in [0.1, 0.15) is 44.7 Å². The van der Waals surface area contributed by atoms with Crippen LogP contribution >= 0.6 is 0 Å². The fraction of sp³-hybridized carbons (Fsp3) is 0.391. The average Bonchev–Trinajstić information content (AvgIpc) is 3.61. The van der Waals surface area contributed by atoms with E-state index in [1.54, 1.807) is 17.9 Å². The molecule has 1 heterocycles. The van der Waals surface area contributed by atoms with Gasteiger partial charge in [-0.25, -0.2) is 13.1 Å². The number of nitrogens with zero attached hydrogens (tertiary/aromatic N) is 2. The predicted molar refractivity (Wildman–Crippen MR) is 118 cm³/mol. The lowest BCUT2D eigenvalue weighted by molar-refractivity contribution is -0.137. The van der Waals surface area contributed by atoms with Crippen molar-refractivity contribution in [1.82, 2.24) is 14.5 Å². The molecule has 0 atom stereocenters. The van der Waals surface area contributed by atoms with Crippen molar-refractivity contribution >= 4 is 21.8 Å². The average molecular weight is 496 g/mol. The van der Waals surface area contributed by atoms with Crippen LogP contribution in [-0.2, 0) is 16.2 Å². The normalized spacial score (nSPS) is 17.1. The second-order valence-corrected chi connectivity index (χ2v) is 10.2. The third kappa shape index (κ3) is 5.25. The summed E-state index contributed by atoms with van der Waals surface area (Å²) in [6.07, 6.45) is -2.88. The number of carbonyl (C=O) groups excluding carboxylic acids is 2. The molecule has 2 fully saturated rings. The Morgan fingerprint density at radius 2 is 1.47 bits per heavy atom. The molecule has 11 heteroatoms. The summed E-state index contributed by atoms with van der Waals surface area (Å²) in [5, 5.41) is 0. The van der Waals surface area contributed by atoms with Gasteiger partial charge in [-0.05, 0) is 61.7 Å². The van der Waals surface area contributed by atoms with E-state index < -0.39 is 27.7 Å². The standard InChI is InChI=1S/C23H24F3N3O4S/c1-15-2-9-19(34(32,33)27-18-7-8-18)14-20(15)22(31)29-12-10-28(11-13-29)21(30)16-3-5-17(6-4-16)23(24,25)26/h2-6,9,14,18,27H,7-8,10-13H2,1H3. The summed E-state index contributed by atoms with van der Waals surface area (Å²) in [6, 6.07) is 8.42. The highest BCUT2D eigenvalue weighted by Crippen LogP contribution is 2.29. The lowest BCUT2D eigenvalue weighted by Gasteiger charge is -2.35. The van der Waals surface area contributed by atoms with Gasteiger partial charge in [0.2, 0.25) is 10.0 Å². The number of halogens is 3. The Balaban J connectivity index is 1.41. The predicted octanol–water partition coefficient (Wildman–Crippen LogP) is 3.05. The Morgan fingerprint density at radius 1 is 0.912 bits per heavy atom. The van der Waals surface area contributed by atoms with Crippen LogP contribution < -0.4 is 4.72 Å². The molecule has 0 radical (unpaired) electrons. The molecular formula is C23H24F3N3O4S. The van der Waals surface area contributed by atoms with Gasteiger partial charge in [-0.3, -0.25) is 9.59 Å². The van der Waals surface area contributed by atoms with Crippen molar-refractivity contribution in [3.63, 3.8) is 0 Å². The zero-order valence-electron chi connectivity index (χ0n) is 18.4. The maximum absolute atomic E-state index is 13.1. The van der Waals surface area contributed by atoms with Gasteiger partial charge in [0.1, 0.15) is 0 Å². The fourth-order valence-corrected chi connectivity index (χ4v) is 5.09. The van der Waals surface area contributed by atoms with Crippen LogP contribution in [0, 0.1) is 6.92 Å². The molecule has 1 aliphatic carbocycles. The maximum Gasteiger partial charge on any atom is 0.416 e. The molecule has 2 aromatic carbocycles. The van der Waals surface area contributed by atoms with Crippen LogP contribution in [0.3, 0.4) is 0 Å². The minimum Gasteiger partial charge on any atom is -0.335 e. The molecule has 0 unspecified atom stereocenters. The SMILES string of the molecule is Cc1ccc(S(=O)(=O)NC2CC2)cc1C(=O)N1CCN(C(=O)c2ccc(C(F)(F)F)cc2)CC1. The number of rotatable bonds is 5. The Hall–Kier alpha value is -2.92. The molecule has 1 saturated carbocycles. The number of carbonyl (C=O) groups is 2. The van der Waals surface area contributed by atoms with E-state index in [0.29, 0.717) is 5.56 Å². The van der Waals surface area contributed by atoms with Crippen LogP contribution in [-0.4, -0.2) is 62.3 Å². The van der Waals surface area contributed by atoms with Crippen LogP contribution in [0.5, 0.6) is 0 Å². The third-order valence-electron chi connectivity index (χ3n) is 5.96. The number of aryl methyl sites for hydroxylation is 1. The van der Waals surface area contributed by atoms with E-state index in [-0.39, 0.29) is 54.2 Å². The summed E-state index contributed by atoms with van der Waals surface area (Å²) < 4.78 is 65.9. The van der Waals surface area contributed by atoms with E-state index in [1.807, 2.05) is 0 Å². The van der Waals surface area contributed by atoms with Crippen molar-refractivity contribution in [2.45, 2.75) is 36.9 Å². The number of benzene rings is 2. The first-order valence-corrected chi connectivity index (χ1v) is 12.3. The highest BCUT2D eigenvalue weighted by atomic mass is 32.2. The van der Waals surface area contributed by atoms with Gasteiger partial charge in [-0.1, -0.05) is 6.07 Å².